The van der Waals surface area contributed by atoms with Crippen molar-refractivity contribution in [2.75, 3.05) is 12.4 Å². The molecule has 0 unspecified atom stereocenters. The van der Waals surface area contributed by atoms with Crippen LogP contribution in [-0.2, 0) is 9.53 Å². The number of carbonyl (C=O) groups is 1. The molecule has 0 atom stereocenters. The molecular weight excluding hydrogens is 372 g/mol. The molecule has 1 aromatic heterocycles. The molecule has 0 aliphatic heterocycles. The lowest BCUT2D eigenvalue weighted by atomic mass is 9.99. The maximum absolute atomic E-state index is 13.6. The van der Waals surface area contributed by atoms with Gasteiger partial charge >= 0.3 is 5.97 Å². The average Bonchev–Trinajstić information content (AvgIpc) is 3.04. The lowest BCUT2D eigenvalue weighted by Crippen LogP contribution is -2.10. The van der Waals surface area contributed by atoms with E-state index in [0.717, 1.165) is 33.7 Å². The highest BCUT2D eigenvalue weighted by Crippen LogP contribution is 2.34. The van der Waals surface area contributed by atoms with E-state index in [-0.39, 0.29) is 17.5 Å². The first kappa shape index (κ1) is 19.3. The molecule has 0 fully saturated rings. The van der Waals surface area contributed by atoms with E-state index in [2.05, 4.69) is 10.2 Å². The molecule has 0 saturated carbocycles. The van der Waals surface area contributed by atoms with Crippen molar-refractivity contribution in [1.82, 2.24) is 14.8 Å². The third-order valence-corrected chi connectivity index (χ3v) is 5.02. The molecular formula is C19H19F2N3O2S. The summed E-state index contributed by atoms with van der Waals surface area (Å²) in [6.07, 6.45) is -2.80. The molecule has 27 heavy (non-hydrogen) atoms. The summed E-state index contributed by atoms with van der Waals surface area (Å²) in [7, 11) is 0. The second-order valence-corrected chi connectivity index (χ2v) is 6.92. The monoisotopic (exact) mass is 391 g/mol. The molecule has 0 N–H and O–H groups in total. The quantitative estimate of drug-likeness (QED) is 0.453. The molecule has 8 heteroatoms. The maximum atomic E-state index is 13.6. The van der Waals surface area contributed by atoms with Crippen LogP contribution in [0.2, 0.25) is 0 Å². The van der Waals surface area contributed by atoms with Crippen molar-refractivity contribution in [3.8, 4) is 5.69 Å². The molecule has 1 heterocycles. The van der Waals surface area contributed by atoms with Crippen molar-refractivity contribution in [2.24, 2.45) is 0 Å². The van der Waals surface area contributed by atoms with Gasteiger partial charge in [0.2, 0.25) is 5.82 Å². The molecule has 5 nitrogen and oxygen atoms in total. The zero-order valence-corrected chi connectivity index (χ0v) is 16.0. The van der Waals surface area contributed by atoms with Crippen LogP contribution in [0.5, 0.6) is 0 Å². The van der Waals surface area contributed by atoms with Crippen LogP contribution in [-0.4, -0.2) is 33.1 Å². The number of hydrogen-bond acceptors (Lipinski definition) is 5. The van der Waals surface area contributed by atoms with Crippen molar-refractivity contribution in [3.05, 3.63) is 47.3 Å². The number of aromatic nitrogens is 3. The predicted octanol–water partition coefficient (Wildman–Crippen LogP) is 4.63. The molecule has 0 saturated heterocycles. The van der Waals surface area contributed by atoms with Gasteiger partial charge in [0.15, 0.2) is 5.16 Å². The number of carbonyl (C=O) groups excluding carboxylic acids is 1. The minimum absolute atomic E-state index is 0.0297. The number of thioether (sulfide) groups is 1. The zero-order valence-electron chi connectivity index (χ0n) is 15.2. The van der Waals surface area contributed by atoms with Gasteiger partial charge in [0.1, 0.15) is 0 Å². The van der Waals surface area contributed by atoms with Gasteiger partial charge in [0.05, 0.1) is 18.0 Å². The number of aryl methyl sites for hydroxylation is 2. The number of hydrogen-bond donors (Lipinski definition) is 0. The van der Waals surface area contributed by atoms with Crippen LogP contribution in [0.15, 0.2) is 35.5 Å². The minimum atomic E-state index is -2.80. The Morgan fingerprint density at radius 2 is 1.89 bits per heavy atom. The highest BCUT2D eigenvalue weighted by Gasteiger charge is 2.25. The van der Waals surface area contributed by atoms with Crippen LogP contribution in [0, 0.1) is 13.8 Å². The van der Waals surface area contributed by atoms with E-state index >= 15 is 0 Å². The van der Waals surface area contributed by atoms with Crippen molar-refractivity contribution in [3.63, 3.8) is 0 Å². The third-order valence-electron chi connectivity index (χ3n) is 4.12. The number of nitrogens with zero attached hydrogens (tertiary/aromatic N) is 3. The lowest BCUT2D eigenvalue weighted by molar-refractivity contribution is -0.139. The van der Waals surface area contributed by atoms with Crippen LogP contribution in [0.4, 0.5) is 8.78 Å². The van der Waals surface area contributed by atoms with E-state index in [9.17, 15) is 13.6 Å². The molecule has 2 aromatic carbocycles. The topological polar surface area (TPSA) is 57.0 Å². The number of halogens is 2. The Hall–Kier alpha value is -2.48. The van der Waals surface area contributed by atoms with E-state index in [4.69, 9.17) is 4.74 Å². The number of rotatable bonds is 6. The van der Waals surface area contributed by atoms with E-state index in [1.165, 1.54) is 4.57 Å². The van der Waals surface area contributed by atoms with Gasteiger partial charge < -0.3 is 4.74 Å². The van der Waals surface area contributed by atoms with E-state index in [0.29, 0.717) is 5.69 Å². The second-order valence-electron chi connectivity index (χ2n) is 5.98. The normalized spacial score (nSPS) is 11.3. The Morgan fingerprint density at radius 3 is 2.56 bits per heavy atom. The largest absolute Gasteiger partial charge is 0.465 e. The Bertz CT molecular complexity index is 988. The number of fused-ring (bicyclic) bond motifs is 1. The summed E-state index contributed by atoms with van der Waals surface area (Å²) in [6.45, 7) is 5.82. The summed E-state index contributed by atoms with van der Waals surface area (Å²) >= 11 is 1.03. The van der Waals surface area contributed by atoms with Gasteiger partial charge in [-0.25, -0.2) is 8.78 Å². The molecule has 0 spiro atoms. The molecule has 3 rings (SSSR count). The van der Waals surface area contributed by atoms with Crippen LogP contribution >= 0.6 is 11.8 Å². The SMILES string of the molecule is CCOC(=O)CSc1nnc(C(F)F)n1-c1c(C)cc(C)c2ccccc12. The van der Waals surface area contributed by atoms with Crippen molar-refractivity contribution in [1.29, 1.82) is 0 Å². The third kappa shape index (κ3) is 3.80. The number of benzene rings is 2. The molecule has 0 radical (unpaired) electrons. The summed E-state index contributed by atoms with van der Waals surface area (Å²) in [5, 5.41) is 9.61. The fourth-order valence-electron chi connectivity index (χ4n) is 3.07. The highest BCUT2D eigenvalue weighted by atomic mass is 32.2. The first-order valence-corrected chi connectivity index (χ1v) is 9.43. The first-order chi connectivity index (χ1) is 12.9. The highest BCUT2D eigenvalue weighted by molar-refractivity contribution is 7.99. The van der Waals surface area contributed by atoms with Gasteiger partial charge in [-0.2, -0.15) is 0 Å². The van der Waals surface area contributed by atoms with E-state index in [1.807, 2.05) is 44.2 Å². The maximum Gasteiger partial charge on any atom is 0.316 e. The van der Waals surface area contributed by atoms with Crippen molar-refractivity contribution in [2.45, 2.75) is 32.4 Å². The van der Waals surface area contributed by atoms with E-state index in [1.54, 1.807) is 6.92 Å². The smallest absolute Gasteiger partial charge is 0.316 e. The van der Waals surface area contributed by atoms with Crippen LogP contribution in [0.3, 0.4) is 0 Å². The van der Waals surface area contributed by atoms with Gasteiger partial charge in [-0.1, -0.05) is 42.1 Å². The van der Waals surface area contributed by atoms with E-state index < -0.39 is 18.2 Å². The molecule has 0 aliphatic carbocycles. The Balaban J connectivity index is 2.17. The summed E-state index contributed by atoms with van der Waals surface area (Å²) in [4.78, 5) is 11.7. The molecule has 0 aliphatic rings. The number of ether oxygens (including phenoxy) is 1. The Labute approximate surface area is 159 Å². The summed E-state index contributed by atoms with van der Waals surface area (Å²) in [6, 6.07) is 9.56. The van der Waals surface area contributed by atoms with Crippen LogP contribution in [0.25, 0.3) is 16.5 Å². The molecule has 0 bridgehead atoms. The predicted molar refractivity (Wildman–Crippen MR) is 101 cm³/mol. The zero-order chi connectivity index (χ0) is 19.6. The van der Waals surface area contributed by atoms with Crippen LogP contribution in [0.1, 0.15) is 30.3 Å². The van der Waals surface area contributed by atoms with Gasteiger partial charge in [-0.3, -0.25) is 9.36 Å². The van der Waals surface area contributed by atoms with Crippen molar-refractivity contribution < 1.29 is 18.3 Å². The first-order valence-electron chi connectivity index (χ1n) is 8.45. The van der Waals surface area contributed by atoms with Crippen LogP contribution < -0.4 is 0 Å². The Morgan fingerprint density at radius 1 is 1.19 bits per heavy atom. The fraction of sp³-hybridized carbons (Fsp3) is 0.316. The fourth-order valence-corrected chi connectivity index (χ4v) is 3.81. The summed E-state index contributed by atoms with van der Waals surface area (Å²) in [5.41, 5.74) is 2.48. The average molecular weight is 391 g/mol. The Kier molecular flexibility index (Phi) is 5.74. The van der Waals surface area contributed by atoms with Crippen molar-refractivity contribution >= 4 is 28.5 Å². The second kappa shape index (κ2) is 8.04. The number of esters is 1. The standard InChI is InChI=1S/C19H19F2N3O2S/c1-4-26-15(25)10-27-19-23-22-18(17(20)21)24(19)16-12(3)9-11(2)13-7-5-6-8-14(13)16/h5-9,17H,4,10H2,1-3H3. The molecule has 0 amide bonds. The molecule has 3 aromatic rings. The summed E-state index contributed by atoms with van der Waals surface area (Å²) in [5.74, 6) is -0.905. The lowest BCUT2D eigenvalue weighted by Gasteiger charge is -2.17. The molecule has 142 valence electrons. The number of alkyl halides is 2. The summed E-state index contributed by atoms with van der Waals surface area (Å²) < 4.78 is 33.5. The van der Waals surface area contributed by atoms with Gasteiger partial charge in [0, 0.05) is 5.39 Å². The van der Waals surface area contributed by atoms with Gasteiger partial charge in [-0.15, -0.1) is 10.2 Å². The minimum Gasteiger partial charge on any atom is -0.465 e. The van der Waals surface area contributed by atoms with Gasteiger partial charge in [-0.05, 0) is 37.3 Å². The van der Waals surface area contributed by atoms with Gasteiger partial charge in [0.25, 0.3) is 6.43 Å².